The van der Waals surface area contributed by atoms with Crippen LogP contribution in [-0.2, 0) is 25.8 Å². The lowest BCUT2D eigenvalue weighted by Crippen LogP contribution is -2.54. The van der Waals surface area contributed by atoms with E-state index in [0.717, 1.165) is 0 Å². The number of nitrogens with one attached hydrogen (secondary N) is 1. The second-order valence-electron chi connectivity index (χ2n) is 8.29. The van der Waals surface area contributed by atoms with E-state index in [2.05, 4.69) is 10.1 Å². The van der Waals surface area contributed by atoms with Crippen molar-refractivity contribution in [2.45, 2.75) is 35.3 Å². The first-order chi connectivity index (χ1) is 17.8. The van der Waals surface area contributed by atoms with Gasteiger partial charge in [-0.15, -0.1) is 0 Å². The minimum absolute atomic E-state index is 0.0333. The van der Waals surface area contributed by atoms with E-state index >= 15 is 0 Å². The highest BCUT2D eigenvalue weighted by Crippen LogP contribution is 2.35. The number of nitro groups is 1. The smallest absolute Gasteiger partial charge is 0.269 e. The molecule has 2 aromatic carbocycles. The average molecular weight is 533 g/mol. The van der Waals surface area contributed by atoms with Crippen molar-refractivity contribution in [3.8, 4) is 17.1 Å². The second-order valence-corrected chi connectivity index (χ2v) is 10.5. The van der Waals surface area contributed by atoms with Gasteiger partial charge in [-0.25, -0.2) is 13.9 Å². The van der Waals surface area contributed by atoms with E-state index < -0.39 is 25.4 Å². The van der Waals surface area contributed by atoms with E-state index in [1.807, 2.05) is 0 Å². The second kappa shape index (κ2) is 11.0. The topological polar surface area (TPSA) is 184 Å². The van der Waals surface area contributed by atoms with Crippen molar-refractivity contribution >= 4 is 21.4 Å². The number of nitro benzene ring substituents is 1. The summed E-state index contributed by atoms with van der Waals surface area (Å²) in [6.45, 7) is 0.460. The third kappa shape index (κ3) is 5.45. The Morgan fingerprint density at radius 3 is 2.43 bits per heavy atom. The number of carbonyl (C=O) groups is 1. The van der Waals surface area contributed by atoms with Gasteiger partial charge < -0.3 is 14.0 Å². The van der Waals surface area contributed by atoms with Gasteiger partial charge in [0.25, 0.3) is 11.6 Å². The quantitative estimate of drug-likeness (QED) is 0.169. The zero-order valence-corrected chi connectivity index (χ0v) is 20.3. The summed E-state index contributed by atoms with van der Waals surface area (Å²) in [5.74, 6) is 0.152. The van der Waals surface area contributed by atoms with Crippen LogP contribution in [0.3, 0.4) is 0 Å². The Hall–Kier alpha value is -3.88. The monoisotopic (exact) mass is 532 g/mol. The van der Waals surface area contributed by atoms with Gasteiger partial charge in [-0.3, -0.25) is 20.1 Å². The maximum atomic E-state index is 13.3. The Labute approximate surface area is 211 Å². The summed E-state index contributed by atoms with van der Waals surface area (Å²) >= 11 is 0. The molecule has 0 atom stereocenters. The molecule has 0 unspecified atom stereocenters. The minimum atomic E-state index is -4.11. The third-order valence-electron chi connectivity index (χ3n) is 6.07. The summed E-state index contributed by atoms with van der Waals surface area (Å²) in [6.07, 6.45) is 0.818. The number of hydrogen-bond acceptors (Lipinski definition) is 11. The van der Waals surface area contributed by atoms with Gasteiger partial charge in [0.05, 0.1) is 16.4 Å². The predicted octanol–water partition coefficient (Wildman–Crippen LogP) is 2.48. The van der Waals surface area contributed by atoms with Crippen LogP contribution in [0.25, 0.3) is 11.4 Å². The molecule has 37 heavy (non-hydrogen) atoms. The molecular formula is C23H24N4O9S. The largest absolute Gasteiger partial charge is 0.494 e. The van der Waals surface area contributed by atoms with Crippen molar-refractivity contribution in [1.29, 1.82) is 0 Å². The SMILES string of the molecule is O=C(NO)C1(S(=O)(=O)c2ccc(OCCCc3nc(-c4ccc([N+](=O)[O-])cc4)no3)cc2)CCOCC1. The van der Waals surface area contributed by atoms with E-state index in [0.29, 0.717) is 35.9 Å². The fraction of sp³-hybridized carbons (Fsp3) is 0.348. The lowest BCUT2D eigenvalue weighted by molar-refractivity contribution is -0.384. The van der Waals surface area contributed by atoms with Crippen LogP contribution in [0.15, 0.2) is 57.9 Å². The van der Waals surface area contributed by atoms with Crippen molar-refractivity contribution in [2.75, 3.05) is 19.8 Å². The van der Waals surface area contributed by atoms with E-state index in [1.165, 1.54) is 41.9 Å². The number of nitrogens with zero attached hydrogens (tertiary/aromatic N) is 3. The molecule has 2 N–H and O–H groups in total. The number of aryl methyl sites for hydroxylation is 1. The molecule has 1 saturated heterocycles. The summed E-state index contributed by atoms with van der Waals surface area (Å²) in [5, 5.41) is 23.8. The van der Waals surface area contributed by atoms with Crippen molar-refractivity contribution in [3.05, 3.63) is 64.5 Å². The summed E-state index contributed by atoms with van der Waals surface area (Å²) in [5.41, 5.74) is 2.04. The molecule has 0 radical (unpaired) electrons. The van der Waals surface area contributed by atoms with E-state index in [9.17, 15) is 23.3 Å². The number of sulfone groups is 1. The lowest BCUT2D eigenvalue weighted by Gasteiger charge is -2.34. The number of benzene rings is 2. The fourth-order valence-corrected chi connectivity index (χ4v) is 5.92. The lowest BCUT2D eigenvalue weighted by atomic mass is 9.98. The molecule has 1 amide bonds. The van der Waals surface area contributed by atoms with E-state index in [-0.39, 0.29) is 43.2 Å². The van der Waals surface area contributed by atoms with Crippen LogP contribution in [0.5, 0.6) is 5.75 Å². The van der Waals surface area contributed by atoms with Crippen LogP contribution in [0.2, 0.25) is 0 Å². The summed E-state index contributed by atoms with van der Waals surface area (Å²) in [6, 6.07) is 11.5. The first kappa shape index (κ1) is 26.2. The number of ether oxygens (including phenoxy) is 2. The van der Waals surface area contributed by atoms with Gasteiger partial charge in [0.1, 0.15) is 5.75 Å². The van der Waals surface area contributed by atoms with Gasteiger partial charge in [0.2, 0.25) is 11.7 Å². The van der Waals surface area contributed by atoms with Crippen LogP contribution < -0.4 is 10.2 Å². The van der Waals surface area contributed by atoms with Crippen molar-refractivity contribution in [1.82, 2.24) is 15.6 Å². The van der Waals surface area contributed by atoms with Crippen molar-refractivity contribution in [3.63, 3.8) is 0 Å². The molecule has 13 nitrogen and oxygen atoms in total. The fourth-order valence-electron chi connectivity index (χ4n) is 3.98. The molecule has 0 saturated carbocycles. The number of amides is 1. The Bertz CT molecular complexity index is 1350. The molecule has 1 aromatic heterocycles. The van der Waals surface area contributed by atoms with Crippen LogP contribution in [0.4, 0.5) is 5.69 Å². The highest BCUT2D eigenvalue weighted by Gasteiger charge is 2.52. The molecule has 14 heteroatoms. The summed E-state index contributed by atoms with van der Waals surface area (Å²) < 4.78 is 40.8. The molecular weight excluding hydrogens is 508 g/mol. The number of hydrogen-bond donors (Lipinski definition) is 2. The van der Waals surface area contributed by atoms with E-state index in [4.69, 9.17) is 19.2 Å². The van der Waals surface area contributed by atoms with Crippen LogP contribution in [0, 0.1) is 10.1 Å². The Morgan fingerprint density at radius 1 is 1.14 bits per heavy atom. The van der Waals surface area contributed by atoms with Crippen LogP contribution in [-0.4, -0.2) is 59.2 Å². The van der Waals surface area contributed by atoms with Gasteiger partial charge in [-0.05, 0) is 55.7 Å². The van der Waals surface area contributed by atoms with Gasteiger partial charge >= 0.3 is 0 Å². The van der Waals surface area contributed by atoms with Gasteiger partial charge in [0, 0.05) is 37.3 Å². The molecule has 1 aliphatic rings. The normalized spacial score (nSPS) is 15.2. The van der Waals surface area contributed by atoms with Crippen molar-refractivity contribution < 1.29 is 37.3 Å². The zero-order chi connectivity index (χ0) is 26.5. The highest BCUT2D eigenvalue weighted by atomic mass is 32.2. The highest BCUT2D eigenvalue weighted by molar-refractivity contribution is 7.93. The third-order valence-corrected chi connectivity index (χ3v) is 8.59. The predicted molar refractivity (Wildman–Crippen MR) is 127 cm³/mol. The Kier molecular flexibility index (Phi) is 7.80. The van der Waals surface area contributed by atoms with Gasteiger partial charge in [-0.2, -0.15) is 4.98 Å². The standard InChI is InChI=1S/C23H24N4O9S/c28-22(25-29)23(11-14-34-15-12-23)37(32,33)19-9-7-18(8-10-19)35-13-1-2-20-24-21(26-36-20)16-3-5-17(6-4-16)27(30)31/h3-10,29H,1-2,11-15H2,(H,25,28). The molecule has 3 aromatic rings. The molecule has 0 aliphatic carbocycles. The first-order valence-electron chi connectivity index (χ1n) is 11.3. The maximum Gasteiger partial charge on any atom is 0.269 e. The van der Waals surface area contributed by atoms with Crippen LogP contribution >= 0.6 is 0 Å². The number of aromatic nitrogens is 2. The first-order valence-corrected chi connectivity index (χ1v) is 12.8. The minimum Gasteiger partial charge on any atom is -0.494 e. The number of hydroxylamine groups is 1. The zero-order valence-electron chi connectivity index (χ0n) is 19.5. The molecule has 1 aliphatic heterocycles. The maximum absolute atomic E-state index is 13.3. The number of rotatable bonds is 10. The average Bonchev–Trinajstić information content (AvgIpc) is 3.40. The molecule has 2 heterocycles. The van der Waals surface area contributed by atoms with E-state index in [1.54, 1.807) is 12.1 Å². The Balaban J connectivity index is 1.32. The van der Waals surface area contributed by atoms with Gasteiger partial charge in [0.15, 0.2) is 14.6 Å². The van der Waals surface area contributed by atoms with Gasteiger partial charge in [-0.1, -0.05) is 5.16 Å². The summed E-state index contributed by atoms with van der Waals surface area (Å²) in [4.78, 5) is 26.8. The molecule has 1 fully saturated rings. The molecule has 4 rings (SSSR count). The van der Waals surface area contributed by atoms with Crippen molar-refractivity contribution in [2.24, 2.45) is 0 Å². The number of non-ortho nitro benzene ring substituents is 1. The Morgan fingerprint density at radius 2 is 1.81 bits per heavy atom. The van der Waals surface area contributed by atoms with Crippen LogP contribution in [0.1, 0.15) is 25.2 Å². The number of carbonyl (C=O) groups excluding carboxylic acids is 1. The molecule has 196 valence electrons. The summed E-state index contributed by atoms with van der Waals surface area (Å²) in [7, 11) is -4.11. The molecule has 0 bridgehead atoms. The molecule has 0 spiro atoms.